The molecule has 21 heavy (non-hydrogen) atoms. The smallest absolute Gasteiger partial charge is 0.325 e. The van der Waals surface area contributed by atoms with Crippen LogP contribution in [-0.2, 0) is 0 Å². The highest BCUT2D eigenvalue weighted by molar-refractivity contribution is 7.19. The Morgan fingerprint density at radius 3 is 2.57 bits per heavy atom. The van der Waals surface area contributed by atoms with Crippen LogP contribution in [0.4, 0.5) is 20.0 Å². The third-order valence-corrected chi connectivity index (χ3v) is 3.45. The standard InChI is InChI=1S/C12H11ClFN3O3S/c1-19-8-4-9(20-2)7(3-6(8)14)16-11(18)17-12-15-5-10(13)21-12/h3-5H,1-2H3,(H2,15,16,17,18). The highest BCUT2D eigenvalue weighted by Crippen LogP contribution is 2.32. The van der Waals surface area contributed by atoms with Gasteiger partial charge in [0, 0.05) is 12.1 Å². The molecule has 0 aliphatic carbocycles. The summed E-state index contributed by atoms with van der Waals surface area (Å²) in [6.45, 7) is 0. The molecule has 0 aliphatic heterocycles. The van der Waals surface area contributed by atoms with Gasteiger partial charge in [-0.25, -0.2) is 14.2 Å². The number of aromatic nitrogens is 1. The van der Waals surface area contributed by atoms with Crippen LogP contribution in [-0.4, -0.2) is 25.2 Å². The zero-order chi connectivity index (χ0) is 15.4. The van der Waals surface area contributed by atoms with Crippen LogP contribution in [0.15, 0.2) is 18.3 Å². The van der Waals surface area contributed by atoms with Crippen molar-refractivity contribution in [3.63, 3.8) is 0 Å². The second-order valence-corrected chi connectivity index (χ2v) is 5.40. The number of methoxy groups -OCH3 is 2. The number of ether oxygens (including phenoxy) is 2. The van der Waals surface area contributed by atoms with Crippen molar-refractivity contribution < 1.29 is 18.7 Å². The molecule has 2 amide bonds. The molecule has 0 saturated heterocycles. The minimum atomic E-state index is -0.620. The fourth-order valence-electron chi connectivity index (χ4n) is 1.52. The van der Waals surface area contributed by atoms with E-state index in [-0.39, 0.29) is 17.2 Å². The zero-order valence-electron chi connectivity index (χ0n) is 11.1. The molecule has 9 heteroatoms. The average molecular weight is 332 g/mol. The van der Waals surface area contributed by atoms with E-state index in [0.717, 1.165) is 17.4 Å². The summed E-state index contributed by atoms with van der Waals surface area (Å²) in [5.41, 5.74) is 0.163. The van der Waals surface area contributed by atoms with Crippen molar-refractivity contribution in [2.45, 2.75) is 0 Å². The second-order valence-electron chi connectivity index (χ2n) is 3.74. The minimum absolute atomic E-state index is 0.0181. The van der Waals surface area contributed by atoms with Crippen molar-refractivity contribution in [2.24, 2.45) is 0 Å². The van der Waals surface area contributed by atoms with E-state index < -0.39 is 11.8 Å². The summed E-state index contributed by atoms with van der Waals surface area (Å²) >= 11 is 6.81. The van der Waals surface area contributed by atoms with Gasteiger partial charge in [0.2, 0.25) is 0 Å². The van der Waals surface area contributed by atoms with E-state index in [1.54, 1.807) is 0 Å². The number of rotatable bonds is 4. The van der Waals surface area contributed by atoms with E-state index in [0.29, 0.717) is 9.47 Å². The first kappa shape index (κ1) is 15.3. The lowest BCUT2D eigenvalue weighted by atomic mass is 10.2. The summed E-state index contributed by atoms with van der Waals surface area (Å²) in [4.78, 5) is 15.7. The van der Waals surface area contributed by atoms with E-state index >= 15 is 0 Å². The molecule has 1 aromatic carbocycles. The van der Waals surface area contributed by atoms with E-state index in [9.17, 15) is 9.18 Å². The van der Waals surface area contributed by atoms with E-state index in [1.807, 2.05) is 0 Å². The SMILES string of the molecule is COc1cc(OC)c(NC(=O)Nc2ncc(Cl)s2)cc1F. The average Bonchev–Trinajstić information content (AvgIpc) is 2.84. The van der Waals surface area contributed by atoms with Gasteiger partial charge in [-0.1, -0.05) is 22.9 Å². The number of hydrogen-bond acceptors (Lipinski definition) is 5. The van der Waals surface area contributed by atoms with Crippen molar-refractivity contribution in [2.75, 3.05) is 24.9 Å². The van der Waals surface area contributed by atoms with Crippen molar-refractivity contribution in [3.05, 3.63) is 28.5 Å². The first-order chi connectivity index (χ1) is 10.0. The van der Waals surface area contributed by atoms with Crippen LogP contribution >= 0.6 is 22.9 Å². The molecule has 2 aromatic rings. The Kier molecular flexibility index (Phi) is 4.81. The first-order valence-corrected chi connectivity index (χ1v) is 6.83. The molecular formula is C12H11ClFN3O3S. The lowest BCUT2D eigenvalue weighted by Crippen LogP contribution is -2.19. The van der Waals surface area contributed by atoms with Crippen LogP contribution in [0.5, 0.6) is 11.5 Å². The van der Waals surface area contributed by atoms with Gasteiger partial charge in [-0.2, -0.15) is 0 Å². The molecule has 0 saturated carbocycles. The Labute approximate surface area is 128 Å². The van der Waals surface area contributed by atoms with E-state index in [2.05, 4.69) is 15.6 Å². The summed E-state index contributed by atoms with van der Waals surface area (Å²) < 4.78 is 24.0. The maximum Gasteiger partial charge on any atom is 0.325 e. The van der Waals surface area contributed by atoms with Crippen LogP contribution in [0.1, 0.15) is 0 Å². The fraction of sp³-hybridized carbons (Fsp3) is 0.167. The normalized spacial score (nSPS) is 10.1. The van der Waals surface area contributed by atoms with Gasteiger partial charge in [-0.15, -0.1) is 0 Å². The summed E-state index contributed by atoms with van der Waals surface area (Å²) in [6, 6.07) is 1.85. The Morgan fingerprint density at radius 2 is 2.00 bits per heavy atom. The number of amides is 2. The van der Waals surface area contributed by atoms with E-state index in [4.69, 9.17) is 21.1 Å². The van der Waals surface area contributed by atoms with Crippen LogP contribution in [0, 0.1) is 5.82 Å². The maximum absolute atomic E-state index is 13.7. The van der Waals surface area contributed by atoms with Gasteiger partial charge >= 0.3 is 6.03 Å². The van der Waals surface area contributed by atoms with Crippen LogP contribution in [0.2, 0.25) is 4.34 Å². The van der Waals surface area contributed by atoms with Crippen molar-refractivity contribution in [1.29, 1.82) is 0 Å². The molecule has 1 heterocycles. The van der Waals surface area contributed by atoms with Crippen LogP contribution in [0.3, 0.4) is 0 Å². The largest absolute Gasteiger partial charge is 0.494 e. The molecule has 2 rings (SSSR count). The van der Waals surface area contributed by atoms with Gasteiger partial charge in [0.15, 0.2) is 16.7 Å². The molecule has 6 nitrogen and oxygen atoms in total. The molecule has 0 fully saturated rings. The Balaban J connectivity index is 2.14. The lowest BCUT2D eigenvalue weighted by Gasteiger charge is -2.12. The molecule has 0 bridgehead atoms. The van der Waals surface area contributed by atoms with Gasteiger partial charge in [0.25, 0.3) is 0 Å². The summed E-state index contributed by atoms with van der Waals surface area (Å²) in [5.74, 6) is -0.337. The predicted molar refractivity (Wildman–Crippen MR) is 79.3 cm³/mol. The lowest BCUT2D eigenvalue weighted by molar-refractivity contribution is 0.262. The number of urea groups is 1. The first-order valence-electron chi connectivity index (χ1n) is 5.64. The summed E-state index contributed by atoms with van der Waals surface area (Å²) in [5, 5.41) is 5.26. The molecular weight excluding hydrogens is 321 g/mol. The topological polar surface area (TPSA) is 72.5 Å². The predicted octanol–water partition coefficient (Wildman–Crippen LogP) is 3.60. The molecule has 0 radical (unpaired) electrons. The number of carbonyl (C=O) groups is 1. The molecule has 2 N–H and O–H groups in total. The Morgan fingerprint density at radius 1 is 1.29 bits per heavy atom. The number of nitrogens with zero attached hydrogens (tertiary/aromatic N) is 1. The van der Waals surface area contributed by atoms with Gasteiger partial charge in [-0.3, -0.25) is 5.32 Å². The van der Waals surface area contributed by atoms with Gasteiger partial charge in [0.05, 0.1) is 26.1 Å². The van der Waals surface area contributed by atoms with E-state index in [1.165, 1.54) is 26.5 Å². The fourth-order valence-corrected chi connectivity index (χ4v) is 2.33. The highest BCUT2D eigenvalue weighted by Gasteiger charge is 2.14. The van der Waals surface area contributed by atoms with Crippen molar-refractivity contribution in [3.8, 4) is 11.5 Å². The third-order valence-electron chi connectivity index (χ3n) is 2.42. The molecule has 0 atom stereocenters. The third kappa shape index (κ3) is 3.73. The van der Waals surface area contributed by atoms with Crippen molar-refractivity contribution in [1.82, 2.24) is 4.98 Å². The minimum Gasteiger partial charge on any atom is -0.494 e. The highest BCUT2D eigenvalue weighted by atomic mass is 35.5. The summed E-state index contributed by atoms with van der Waals surface area (Å²) in [6.07, 6.45) is 1.41. The van der Waals surface area contributed by atoms with Gasteiger partial charge in [0.1, 0.15) is 10.1 Å². The maximum atomic E-state index is 13.7. The number of benzene rings is 1. The molecule has 112 valence electrons. The summed E-state index contributed by atoms with van der Waals surface area (Å²) in [7, 11) is 2.74. The van der Waals surface area contributed by atoms with Crippen LogP contribution in [0.25, 0.3) is 0 Å². The van der Waals surface area contributed by atoms with Crippen LogP contribution < -0.4 is 20.1 Å². The number of carbonyl (C=O) groups excluding carboxylic acids is 1. The molecule has 0 spiro atoms. The van der Waals surface area contributed by atoms with Crippen molar-refractivity contribution >= 4 is 39.8 Å². The monoisotopic (exact) mass is 331 g/mol. The number of thiazole rings is 1. The number of anilines is 2. The number of nitrogens with one attached hydrogen (secondary N) is 2. The zero-order valence-corrected chi connectivity index (χ0v) is 12.6. The molecule has 0 unspecified atom stereocenters. The quantitative estimate of drug-likeness (QED) is 0.898. The Bertz CT molecular complexity index is 665. The van der Waals surface area contributed by atoms with Gasteiger partial charge in [-0.05, 0) is 0 Å². The van der Waals surface area contributed by atoms with Gasteiger partial charge < -0.3 is 14.8 Å². The number of hydrogen-bond donors (Lipinski definition) is 2. The second kappa shape index (κ2) is 6.59. The molecule has 0 aliphatic rings. The number of halogens is 2. The Hall–Kier alpha value is -2.06. The molecule has 1 aromatic heterocycles.